The minimum Gasteiger partial charge on any atom is -0.375 e. The average Bonchev–Trinajstić information content (AvgIpc) is 2.38. The number of nitrogens with zero attached hydrogens (tertiary/aromatic N) is 1. The third kappa shape index (κ3) is 5.72. The molecule has 0 amide bonds. The van der Waals surface area contributed by atoms with Crippen LogP contribution in [0.5, 0.6) is 0 Å². The number of rotatable bonds is 8. The fourth-order valence-corrected chi connectivity index (χ4v) is 2.24. The molecule has 1 aromatic carbocycles. The summed E-state index contributed by atoms with van der Waals surface area (Å²) in [5.41, 5.74) is 7.94. The lowest BCUT2D eigenvalue weighted by Gasteiger charge is -2.30. The normalized spacial score (nSPS) is 11.8. The summed E-state index contributed by atoms with van der Waals surface area (Å²) in [6.07, 6.45) is 0. The zero-order chi connectivity index (χ0) is 14.3. The van der Waals surface area contributed by atoms with Crippen molar-refractivity contribution in [1.82, 2.24) is 4.90 Å². The van der Waals surface area contributed by atoms with Gasteiger partial charge < -0.3 is 10.5 Å². The first-order valence-corrected chi connectivity index (χ1v) is 7.16. The van der Waals surface area contributed by atoms with Crippen molar-refractivity contribution < 1.29 is 4.74 Å². The molecule has 2 N–H and O–H groups in total. The van der Waals surface area contributed by atoms with E-state index in [1.165, 1.54) is 5.56 Å². The maximum Gasteiger partial charge on any atom is 0.0717 e. The molecule has 0 spiro atoms. The third-order valence-electron chi connectivity index (χ3n) is 3.35. The molecule has 0 aliphatic carbocycles. The predicted octanol–water partition coefficient (Wildman–Crippen LogP) is 2.78. The third-order valence-corrected chi connectivity index (χ3v) is 3.35. The molecule has 0 saturated carbocycles. The number of hydrogen-bond acceptors (Lipinski definition) is 3. The second-order valence-corrected chi connectivity index (χ2v) is 5.50. The highest BCUT2D eigenvalue weighted by Gasteiger charge is 2.12. The standard InChI is InChI=1S/C16H28N2O/c1-13(2)18(14(3)4)9-10-19-12-16-7-5-15(11-17)6-8-16/h5-8,13-14H,9-12,17H2,1-4H3. The number of benzene rings is 1. The minimum absolute atomic E-state index is 0.562. The van der Waals surface area contributed by atoms with Crippen LogP contribution in [0.1, 0.15) is 38.8 Å². The topological polar surface area (TPSA) is 38.5 Å². The van der Waals surface area contributed by atoms with E-state index in [1.807, 2.05) is 0 Å². The summed E-state index contributed by atoms with van der Waals surface area (Å²) >= 11 is 0. The van der Waals surface area contributed by atoms with Gasteiger partial charge in [-0.3, -0.25) is 4.90 Å². The summed E-state index contributed by atoms with van der Waals surface area (Å²) in [6.45, 7) is 11.9. The van der Waals surface area contributed by atoms with Crippen LogP contribution in [0.25, 0.3) is 0 Å². The Morgan fingerprint density at radius 2 is 1.53 bits per heavy atom. The summed E-state index contributed by atoms with van der Waals surface area (Å²) in [7, 11) is 0. The highest BCUT2D eigenvalue weighted by molar-refractivity contribution is 5.21. The minimum atomic E-state index is 0.562. The highest BCUT2D eigenvalue weighted by Crippen LogP contribution is 2.07. The van der Waals surface area contributed by atoms with Crippen molar-refractivity contribution in [1.29, 1.82) is 0 Å². The van der Waals surface area contributed by atoms with Gasteiger partial charge in [-0.15, -0.1) is 0 Å². The van der Waals surface area contributed by atoms with Gasteiger partial charge in [0, 0.05) is 25.2 Å². The molecule has 0 aliphatic heterocycles. The van der Waals surface area contributed by atoms with Crippen molar-refractivity contribution in [3.8, 4) is 0 Å². The lowest BCUT2D eigenvalue weighted by atomic mass is 10.1. The van der Waals surface area contributed by atoms with E-state index in [0.29, 0.717) is 25.2 Å². The fraction of sp³-hybridized carbons (Fsp3) is 0.625. The van der Waals surface area contributed by atoms with Crippen molar-refractivity contribution in [2.45, 2.75) is 52.9 Å². The Morgan fingerprint density at radius 3 is 2.00 bits per heavy atom. The van der Waals surface area contributed by atoms with Gasteiger partial charge in [-0.1, -0.05) is 24.3 Å². The molecule has 19 heavy (non-hydrogen) atoms. The van der Waals surface area contributed by atoms with Gasteiger partial charge >= 0.3 is 0 Å². The molecule has 0 atom stereocenters. The van der Waals surface area contributed by atoms with E-state index >= 15 is 0 Å². The summed E-state index contributed by atoms with van der Waals surface area (Å²) in [6, 6.07) is 9.43. The molecule has 3 heteroatoms. The number of ether oxygens (including phenoxy) is 1. The first-order valence-electron chi connectivity index (χ1n) is 7.16. The van der Waals surface area contributed by atoms with Gasteiger partial charge in [-0.2, -0.15) is 0 Å². The summed E-state index contributed by atoms with van der Waals surface area (Å²) in [5, 5.41) is 0. The van der Waals surface area contributed by atoms with Crippen molar-refractivity contribution in [3.05, 3.63) is 35.4 Å². The molecule has 0 aliphatic rings. The van der Waals surface area contributed by atoms with Crippen molar-refractivity contribution in [2.75, 3.05) is 13.2 Å². The molecule has 0 fully saturated rings. The second kappa shape index (κ2) is 8.31. The molecule has 0 heterocycles. The summed E-state index contributed by atoms with van der Waals surface area (Å²) < 4.78 is 5.75. The van der Waals surface area contributed by atoms with E-state index in [1.54, 1.807) is 0 Å². The SMILES string of the molecule is CC(C)N(CCOCc1ccc(CN)cc1)C(C)C. The molecule has 0 bridgehead atoms. The quantitative estimate of drug-likeness (QED) is 0.734. The molecule has 3 nitrogen and oxygen atoms in total. The molecule has 108 valence electrons. The predicted molar refractivity (Wildman–Crippen MR) is 81.0 cm³/mol. The van der Waals surface area contributed by atoms with Crippen LogP contribution in [0.15, 0.2) is 24.3 Å². The second-order valence-electron chi connectivity index (χ2n) is 5.50. The largest absolute Gasteiger partial charge is 0.375 e. The van der Waals surface area contributed by atoms with Crippen LogP contribution in [0.3, 0.4) is 0 Å². The smallest absolute Gasteiger partial charge is 0.0717 e. The lowest BCUT2D eigenvalue weighted by molar-refractivity contribution is 0.0699. The average molecular weight is 264 g/mol. The Labute approximate surface area is 117 Å². The van der Waals surface area contributed by atoms with Crippen LogP contribution in [0.2, 0.25) is 0 Å². The van der Waals surface area contributed by atoms with Gasteiger partial charge in [0.25, 0.3) is 0 Å². The van der Waals surface area contributed by atoms with E-state index in [2.05, 4.69) is 56.9 Å². The van der Waals surface area contributed by atoms with Gasteiger partial charge in [0.1, 0.15) is 0 Å². The summed E-state index contributed by atoms with van der Waals surface area (Å²) in [4.78, 5) is 2.44. The van der Waals surface area contributed by atoms with E-state index < -0.39 is 0 Å². The summed E-state index contributed by atoms with van der Waals surface area (Å²) in [5.74, 6) is 0. The highest BCUT2D eigenvalue weighted by atomic mass is 16.5. The maximum atomic E-state index is 5.75. The lowest BCUT2D eigenvalue weighted by Crippen LogP contribution is -2.39. The molecular weight excluding hydrogens is 236 g/mol. The van der Waals surface area contributed by atoms with Gasteiger partial charge in [0.15, 0.2) is 0 Å². The molecule has 0 unspecified atom stereocenters. The van der Waals surface area contributed by atoms with Gasteiger partial charge in [0.2, 0.25) is 0 Å². The Bertz CT molecular complexity index is 338. The van der Waals surface area contributed by atoms with E-state index in [0.717, 1.165) is 18.7 Å². The first kappa shape index (κ1) is 16.2. The molecule has 0 aromatic heterocycles. The Balaban J connectivity index is 2.29. The zero-order valence-corrected chi connectivity index (χ0v) is 12.7. The first-order chi connectivity index (χ1) is 9.04. The van der Waals surface area contributed by atoms with Crippen molar-refractivity contribution >= 4 is 0 Å². The Morgan fingerprint density at radius 1 is 1.00 bits per heavy atom. The van der Waals surface area contributed by atoms with Crippen molar-refractivity contribution in [3.63, 3.8) is 0 Å². The van der Waals surface area contributed by atoms with Gasteiger partial charge in [-0.25, -0.2) is 0 Å². The van der Waals surface area contributed by atoms with Crippen LogP contribution >= 0.6 is 0 Å². The van der Waals surface area contributed by atoms with Gasteiger partial charge in [0.05, 0.1) is 13.2 Å². The van der Waals surface area contributed by atoms with Gasteiger partial charge in [-0.05, 0) is 38.8 Å². The van der Waals surface area contributed by atoms with E-state index in [-0.39, 0.29) is 0 Å². The van der Waals surface area contributed by atoms with Crippen molar-refractivity contribution in [2.24, 2.45) is 5.73 Å². The molecule has 1 rings (SSSR count). The van der Waals surface area contributed by atoms with Crippen LogP contribution in [0.4, 0.5) is 0 Å². The maximum absolute atomic E-state index is 5.75. The van der Waals surface area contributed by atoms with Crippen LogP contribution in [-0.4, -0.2) is 30.1 Å². The molecule has 0 radical (unpaired) electrons. The van der Waals surface area contributed by atoms with E-state index in [4.69, 9.17) is 10.5 Å². The van der Waals surface area contributed by atoms with Crippen LogP contribution in [0, 0.1) is 0 Å². The Kier molecular flexibility index (Phi) is 7.06. The van der Waals surface area contributed by atoms with Crippen LogP contribution < -0.4 is 5.73 Å². The monoisotopic (exact) mass is 264 g/mol. The zero-order valence-electron chi connectivity index (χ0n) is 12.7. The number of nitrogens with two attached hydrogens (primary N) is 1. The van der Waals surface area contributed by atoms with Crippen LogP contribution in [-0.2, 0) is 17.9 Å². The Hall–Kier alpha value is -0.900. The molecule has 1 aromatic rings. The molecule has 0 saturated heterocycles. The number of hydrogen-bond donors (Lipinski definition) is 1. The fourth-order valence-electron chi connectivity index (χ4n) is 2.24. The molecular formula is C16H28N2O. The van der Waals surface area contributed by atoms with E-state index in [9.17, 15) is 0 Å².